The first-order valence-corrected chi connectivity index (χ1v) is 9.17. The molecule has 0 saturated carbocycles. The number of nitrogens with zero attached hydrogens (tertiary/aromatic N) is 4. The average Bonchev–Trinajstić information content (AvgIpc) is 3.06. The summed E-state index contributed by atoms with van der Waals surface area (Å²) in [6.45, 7) is 2.08. The fourth-order valence-corrected chi connectivity index (χ4v) is 3.85. The molecule has 0 amide bonds. The maximum Gasteiger partial charge on any atom is 0.219 e. The Morgan fingerprint density at radius 2 is 2.07 bits per heavy atom. The molecule has 2 heterocycles. The van der Waals surface area contributed by atoms with Crippen LogP contribution in [0.15, 0.2) is 58.1 Å². The van der Waals surface area contributed by atoms with E-state index >= 15 is 0 Å². The second kappa shape index (κ2) is 6.89. The summed E-state index contributed by atoms with van der Waals surface area (Å²) < 4.78 is 8.34. The molecule has 27 heavy (non-hydrogen) atoms. The van der Waals surface area contributed by atoms with Crippen LogP contribution in [0.1, 0.15) is 18.5 Å². The van der Waals surface area contributed by atoms with Gasteiger partial charge in [-0.05, 0) is 40.5 Å². The van der Waals surface area contributed by atoms with Gasteiger partial charge in [0.2, 0.25) is 11.8 Å². The Balaban J connectivity index is 2.13. The number of fused-ring (bicyclic) bond motifs is 3. The summed E-state index contributed by atoms with van der Waals surface area (Å²) in [4.78, 5) is 11.8. The maximum absolute atomic E-state index is 9.16. The van der Waals surface area contributed by atoms with Gasteiger partial charge in [-0.25, -0.2) is 0 Å². The molecule has 4 aromatic rings. The predicted molar refractivity (Wildman–Crippen MR) is 107 cm³/mol. The van der Waals surface area contributed by atoms with E-state index in [1.807, 2.05) is 41.1 Å². The highest BCUT2D eigenvalue weighted by molar-refractivity contribution is 9.10. The number of pyridine rings is 1. The minimum atomic E-state index is -0.0349. The van der Waals surface area contributed by atoms with Crippen LogP contribution in [0.4, 0.5) is 0 Å². The van der Waals surface area contributed by atoms with Gasteiger partial charge in [0.25, 0.3) is 0 Å². The van der Waals surface area contributed by atoms with Crippen LogP contribution in [-0.2, 0) is 0 Å². The van der Waals surface area contributed by atoms with Gasteiger partial charge in [-0.1, -0.05) is 30.3 Å². The van der Waals surface area contributed by atoms with Gasteiger partial charge in [0, 0.05) is 5.39 Å². The van der Waals surface area contributed by atoms with Crippen molar-refractivity contribution in [2.75, 3.05) is 7.11 Å². The van der Waals surface area contributed by atoms with Crippen molar-refractivity contribution in [3.8, 4) is 11.9 Å². The number of hydrogen-bond donors (Lipinski definition) is 1. The van der Waals surface area contributed by atoms with Crippen LogP contribution in [0.25, 0.3) is 21.9 Å². The molecule has 2 aromatic heterocycles. The van der Waals surface area contributed by atoms with E-state index in [4.69, 9.17) is 10.00 Å². The zero-order valence-electron chi connectivity index (χ0n) is 14.8. The first-order valence-electron chi connectivity index (χ1n) is 8.38. The standard InChI is InChI=1S/C20H16BrN5O/c1-12(13-6-4-3-5-7-13)26-19-14-8-18(27-2)15(21)9-16(14)23-10-17(19)25-20(26)24-11-22/h3-10,12H,1-2H3,(H,24,25)/t12-/m1/s1. The number of halogens is 1. The lowest BCUT2D eigenvalue weighted by Crippen LogP contribution is -2.22. The zero-order valence-corrected chi connectivity index (χ0v) is 16.4. The lowest BCUT2D eigenvalue weighted by atomic mass is 10.1. The van der Waals surface area contributed by atoms with Gasteiger partial charge >= 0.3 is 0 Å². The summed E-state index contributed by atoms with van der Waals surface area (Å²) in [5, 5.41) is 10.1. The van der Waals surface area contributed by atoms with Gasteiger partial charge < -0.3 is 14.3 Å². The quantitative estimate of drug-likeness (QED) is 0.501. The molecule has 1 N–H and O–H groups in total. The third-order valence-corrected chi connectivity index (χ3v) is 5.27. The molecule has 134 valence electrons. The van der Waals surface area contributed by atoms with Crippen molar-refractivity contribution >= 4 is 37.9 Å². The van der Waals surface area contributed by atoms with Crippen LogP contribution in [0.2, 0.25) is 0 Å². The number of imidazole rings is 1. The van der Waals surface area contributed by atoms with Crippen molar-refractivity contribution in [1.82, 2.24) is 14.5 Å². The second-order valence-corrected chi connectivity index (χ2v) is 7.00. The number of nitrogens with one attached hydrogen (secondary N) is 1. The van der Waals surface area contributed by atoms with Gasteiger partial charge in [0.05, 0.1) is 40.4 Å². The molecule has 2 aromatic carbocycles. The molecule has 0 unspecified atom stereocenters. The summed E-state index contributed by atoms with van der Waals surface area (Å²) in [6, 6.07) is 14.0. The van der Waals surface area contributed by atoms with Crippen molar-refractivity contribution in [3.05, 3.63) is 64.3 Å². The number of aromatic amines is 1. The van der Waals surface area contributed by atoms with E-state index in [1.54, 1.807) is 13.3 Å². The van der Waals surface area contributed by atoms with Crippen molar-refractivity contribution in [2.24, 2.45) is 4.99 Å². The number of benzene rings is 2. The van der Waals surface area contributed by atoms with E-state index in [-0.39, 0.29) is 6.04 Å². The van der Waals surface area contributed by atoms with Gasteiger partial charge in [-0.2, -0.15) is 5.26 Å². The summed E-state index contributed by atoms with van der Waals surface area (Å²) in [5.41, 5.74) is 4.17. The lowest BCUT2D eigenvalue weighted by Gasteiger charge is -2.16. The normalized spacial score (nSPS) is 13.0. The molecule has 0 aliphatic rings. The van der Waals surface area contributed by atoms with Crippen molar-refractivity contribution in [3.63, 3.8) is 0 Å². The van der Waals surface area contributed by atoms with Crippen LogP contribution in [-0.4, -0.2) is 21.6 Å². The first-order chi connectivity index (χ1) is 13.1. The van der Waals surface area contributed by atoms with E-state index in [0.717, 1.165) is 37.7 Å². The molecule has 0 radical (unpaired) electrons. The molecular formula is C20H16BrN5O. The van der Waals surface area contributed by atoms with Crippen LogP contribution in [0, 0.1) is 11.5 Å². The van der Waals surface area contributed by atoms with Crippen molar-refractivity contribution < 1.29 is 4.74 Å². The second-order valence-electron chi connectivity index (χ2n) is 6.14. The summed E-state index contributed by atoms with van der Waals surface area (Å²) in [6.07, 6.45) is 3.66. The fraction of sp³-hybridized carbons (Fsp3) is 0.150. The summed E-state index contributed by atoms with van der Waals surface area (Å²) in [5.74, 6) is 0.718. The molecule has 4 rings (SSSR count). The SMILES string of the molecule is COc1cc2c(cc1Br)ncc1[nH]c(=NC#N)n([C@H](C)c3ccccc3)c12. The Labute approximate surface area is 163 Å². The number of nitriles is 1. The van der Waals surface area contributed by atoms with Crippen LogP contribution in [0.3, 0.4) is 0 Å². The summed E-state index contributed by atoms with van der Waals surface area (Å²) in [7, 11) is 1.63. The minimum Gasteiger partial charge on any atom is -0.496 e. The van der Waals surface area contributed by atoms with Crippen LogP contribution >= 0.6 is 15.9 Å². The highest BCUT2D eigenvalue weighted by Gasteiger charge is 2.18. The Morgan fingerprint density at radius 3 is 2.78 bits per heavy atom. The molecule has 6 nitrogen and oxygen atoms in total. The molecule has 0 aliphatic carbocycles. The number of rotatable bonds is 3. The van der Waals surface area contributed by atoms with Crippen molar-refractivity contribution in [2.45, 2.75) is 13.0 Å². The molecule has 0 saturated heterocycles. The smallest absolute Gasteiger partial charge is 0.219 e. The van der Waals surface area contributed by atoms with Gasteiger partial charge in [-0.15, -0.1) is 4.99 Å². The van der Waals surface area contributed by atoms with E-state index in [2.05, 4.69) is 49.9 Å². The van der Waals surface area contributed by atoms with Gasteiger partial charge in [0.15, 0.2) is 0 Å². The van der Waals surface area contributed by atoms with E-state index < -0.39 is 0 Å². The topological polar surface area (TPSA) is 79.0 Å². The van der Waals surface area contributed by atoms with Gasteiger partial charge in [-0.3, -0.25) is 4.98 Å². The largest absolute Gasteiger partial charge is 0.496 e. The number of H-pyrrole nitrogens is 1. The molecular weight excluding hydrogens is 406 g/mol. The first kappa shape index (κ1) is 17.3. The number of ether oxygens (including phenoxy) is 1. The Bertz CT molecular complexity index is 1250. The highest BCUT2D eigenvalue weighted by atomic mass is 79.9. The fourth-order valence-electron chi connectivity index (χ4n) is 3.36. The van der Waals surface area contributed by atoms with Crippen LogP contribution in [0.5, 0.6) is 5.75 Å². The predicted octanol–water partition coefficient (Wildman–Crippen LogP) is 4.28. The van der Waals surface area contributed by atoms with Crippen molar-refractivity contribution in [1.29, 1.82) is 5.26 Å². The van der Waals surface area contributed by atoms with E-state index in [0.29, 0.717) is 5.62 Å². The Morgan fingerprint density at radius 1 is 1.30 bits per heavy atom. The summed E-state index contributed by atoms with van der Waals surface area (Å²) >= 11 is 3.51. The monoisotopic (exact) mass is 421 g/mol. The molecule has 0 fully saturated rings. The molecule has 0 aliphatic heterocycles. The number of methoxy groups -OCH3 is 1. The lowest BCUT2D eigenvalue weighted by molar-refractivity contribution is 0.413. The third-order valence-electron chi connectivity index (χ3n) is 4.65. The molecule has 0 bridgehead atoms. The third kappa shape index (κ3) is 2.88. The van der Waals surface area contributed by atoms with E-state index in [1.165, 1.54) is 0 Å². The molecule has 7 heteroatoms. The van der Waals surface area contributed by atoms with Crippen LogP contribution < -0.4 is 10.4 Å². The van der Waals surface area contributed by atoms with Gasteiger partial charge in [0.1, 0.15) is 5.75 Å². The minimum absolute atomic E-state index is 0.0349. The maximum atomic E-state index is 9.16. The average molecular weight is 422 g/mol. The highest BCUT2D eigenvalue weighted by Crippen LogP contribution is 2.33. The Kier molecular flexibility index (Phi) is 4.42. The van der Waals surface area contributed by atoms with E-state index in [9.17, 15) is 0 Å². The molecule has 0 spiro atoms. The zero-order chi connectivity index (χ0) is 19.0. The number of hydrogen-bond acceptors (Lipinski definition) is 4. The number of aromatic nitrogens is 3. The Hall–Kier alpha value is -3.11. The molecule has 1 atom stereocenters.